The molecule has 0 saturated carbocycles. The number of carbonyl (C=O) groups is 1. The standard InChI is InChI=1S/C24H32N2O4/c1-16(2)30-22-11-8-19(14-23(22)29-5)17(3)25-24(27)26-13-12-20(15-26)18-6-9-21(28-4)10-7-18/h6-11,14,16-17,20H,12-13,15H2,1-5H3,(H,25,27). The fourth-order valence-corrected chi connectivity index (χ4v) is 3.76. The second kappa shape index (κ2) is 9.74. The molecular formula is C24H32N2O4. The molecule has 1 saturated heterocycles. The molecule has 2 aromatic carbocycles. The van der Waals surface area contributed by atoms with Gasteiger partial charge in [-0.05, 0) is 62.6 Å². The van der Waals surface area contributed by atoms with Crippen molar-refractivity contribution in [2.75, 3.05) is 27.3 Å². The molecule has 1 N–H and O–H groups in total. The van der Waals surface area contributed by atoms with E-state index >= 15 is 0 Å². The van der Waals surface area contributed by atoms with Crippen LogP contribution in [0, 0.1) is 0 Å². The molecule has 162 valence electrons. The summed E-state index contributed by atoms with van der Waals surface area (Å²) in [6, 6.07) is 13.7. The van der Waals surface area contributed by atoms with Crippen LogP contribution in [0.2, 0.25) is 0 Å². The lowest BCUT2D eigenvalue weighted by atomic mass is 9.98. The molecule has 3 rings (SSSR count). The Balaban J connectivity index is 1.60. The Morgan fingerprint density at radius 1 is 1.03 bits per heavy atom. The molecule has 0 spiro atoms. The molecule has 0 bridgehead atoms. The third kappa shape index (κ3) is 5.17. The van der Waals surface area contributed by atoms with Gasteiger partial charge in [-0.3, -0.25) is 0 Å². The summed E-state index contributed by atoms with van der Waals surface area (Å²) in [5, 5.41) is 3.11. The number of urea groups is 1. The Morgan fingerprint density at radius 3 is 2.40 bits per heavy atom. The van der Waals surface area contributed by atoms with Gasteiger partial charge < -0.3 is 24.4 Å². The first-order valence-corrected chi connectivity index (χ1v) is 10.4. The van der Waals surface area contributed by atoms with E-state index in [-0.39, 0.29) is 18.2 Å². The number of nitrogens with zero attached hydrogens (tertiary/aromatic N) is 1. The number of benzene rings is 2. The molecule has 1 fully saturated rings. The van der Waals surface area contributed by atoms with Crippen LogP contribution in [0.4, 0.5) is 4.79 Å². The Labute approximate surface area is 179 Å². The summed E-state index contributed by atoms with van der Waals surface area (Å²) in [6.07, 6.45) is 1.03. The van der Waals surface area contributed by atoms with E-state index in [0.717, 1.165) is 30.8 Å². The molecule has 1 heterocycles. The maximum atomic E-state index is 12.8. The third-order valence-corrected chi connectivity index (χ3v) is 5.45. The summed E-state index contributed by atoms with van der Waals surface area (Å²) in [4.78, 5) is 14.7. The molecule has 6 heteroatoms. The van der Waals surface area contributed by atoms with Gasteiger partial charge in [-0.25, -0.2) is 4.79 Å². The number of methoxy groups -OCH3 is 2. The van der Waals surface area contributed by atoms with Gasteiger partial charge in [0.2, 0.25) is 0 Å². The van der Waals surface area contributed by atoms with Gasteiger partial charge in [-0.15, -0.1) is 0 Å². The SMILES string of the molecule is COc1ccc(C2CCN(C(=O)NC(C)c3ccc(OC(C)C)c(OC)c3)C2)cc1. The first-order chi connectivity index (χ1) is 14.4. The molecule has 0 radical (unpaired) electrons. The lowest BCUT2D eigenvalue weighted by Crippen LogP contribution is -2.39. The molecule has 6 nitrogen and oxygen atoms in total. The molecule has 2 unspecified atom stereocenters. The highest BCUT2D eigenvalue weighted by molar-refractivity contribution is 5.75. The van der Waals surface area contributed by atoms with Crippen molar-refractivity contribution in [3.8, 4) is 17.2 Å². The minimum absolute atomic E-state index is 0.0417. The minimum Gasteiger partial charge on any atom is -0.497 e. The van der Waals surface area contributed by atoms with Gasteiger partial charge in [0.05, 0.1) is 26.4 Å². The number of nitrogens with one attached hydrogen (secondary N) is 1. The molecule has 2 atom stereocenters. The van der Waals surface area contributed by atoms with Crippen LogP contribution in [0.5, 0.6) is 17.2 Å². The predicted molar refractivity (Wildman–Crippen MR) is 118 cm³/mol. The van der Waals surface area contributed by atoms with Gasteiger partial charge >= 0.3 is 6.03 Å². The van der Waals surface area contributed by atoms with Crippen LogP contribution in [-0.4, -0.2) is 44.3 Å². The number of ether oxygens (including phenoxy) is 3. The highest BCUT2D eigenvalue weighted by Gasteiger charge is 2.28. The summed E-state index contributed by atoms with van der Waals surface area (Å²) >= 11 is 0. The zero-order valence-electron chi connectivity index (χ0n) is 18.5. The van der Waals surface area contributed by atoms with Gasteiger partial charge in [0.15, 0.2) is 11.5 Å². The van der Waals surface area contributed by atoms with Crippen molar-refractivity contribution in [3.05, 3.63) is 53.6 Å². The topological polar surface area (TPSA) is 60.0 Å². The van der Waals surface area contributed by atoms with Gasteiger partial charge in [0.1, 0.15) is 5.75 Å². The van der Waals surface area contributed by atoms with E-state index in [1.54, 1.807) is 14.2 Å². The summed E-state index contributed by atoms with van der Waals surface area (Å²) in [5.74, 6) is 2.57. The van der Waals surface area contributed by atoms with E-state index in [1.807, 2.05) is 56.0 Å². The smallest absolute Gasteiger partial charge is 0.317 e. The summed E-state index contributed by atoms with van der Waals surface area (Å²) in [6.45, 7) is 7.40. The zero-order chi connectivity index (χ0) is 21.7. The van der Waals surface area contributed by atoms with E-state index in [1.165, 1.54) is 5.56 Å². The highest BCUT2D eigenvalue weighted by Crippen LogP contribution is 2.32. The van der Waals surface area contributed by atoms with Crippen LogP contribution >= 0.6 is 0 Å². The molecule has 0 aromatic heterocycles. The number of likely N-dealkylation sites (tertiary alicyclic amines) is 1. The van der Waals surface area contributed by atoms with Crippen molar-refractivity contribution in [2.24, 2.45) is 0 Å². The molecule has 2 aromatic rings. The maximum absolute atomic E-state index is 12.8. The monoisotopic (exact) mass is 412 g/mol. The molecular weight excluding hydrogens is 380 g/mol. The van der Waals surface area contributed by atoms with E-state index in [4.69, 9.17) is 14.2 Å². The number of carbonyl (C=O) groups excluding carboxylic acids is 1. The minimum atomic E-state index is -0.139. The average Bonchev–Trinajstić information content (AvgIpc) is 3.24. The Morgan fingerprint density at radius 2 is 1.77 bits per heavy atom. The first kappa shape index (κ1) is 21.8. The summed E-state index contributed by atoms with van der Waals surface area (Å²) < 4.78 is 16.5. The molecule has 1 aliphatic rings. The largest absolute Gasteiger partial charge is 0.497 e. The van der Waals surface area contributed by atoms with Gasteiger partial charge in [0.25, 0.3) is 0 Å². The zero-order valence-corrected chi connectivity index (χ0v) is 18.5. The first-order valence-electron chi connectivity index (χ1n) is 10.4. The molecule has 2 amide bonds. The Bertz CT molecular complexity index is 851. The second-order valence-corrected chi connectivity index (χ2v) is 7.95. The van der Waals surface area contributed by atoms with Crippen LogP contribution in [0.1, 0.15) is 50.3 Å². The van der Waals surface area contributed by atoms with Gasteiger partial charge in [-0.2, -0.15) is 0 Å². The fourth-order valence-electron chi connectivity index (χ4n) is 3.76. The van der Waals surface area contributed by atoms with Crippen molar-refractivity contribution >= 4 is 6.03 Å². The van der Waals surface area contributed by atoms with Crippen LogP contribution in [-0.2, 0) is 0 Å². The van der Waals surface area contributed by atoms with Crippen molar-refractivity contribution in [3.63, 3.8) is 0 Å². The average molecular weight is 413 g/mol. The van der Waals surface area contributed by atoms with Crippen LogP contribution in [0.25, 0.3) is 0 Å². The van der Waals surface area contributed by atoms with E-state index in [0.29, 0.717) is 17.4 Å². The number of hydrogen-bond donors (Lipinski definition) is 1. The molecule has 0 aliphatic carbocycles. The third-order valence-electron chi connectivity index (χ3n) is 5.45. The fraction of sp³-hybridized carbons (Fsp3) is 0.458. The number of rotatable bonds is 7. The van der Waals surface area contributed by atoms with Crippen molar-refractivity contribution < 1.29 is 19.0 Å². The van der Waals surface area contributed by atoms with Crippen molar-refractivity contribution in [2.45, 2.75) is 45.3 Å². The lowest BCUT2D eigenvalue weighted by molar-refractivity contribution is 0.205. The number of hydrogen-bond acceptors (Lipinski definition) is 4. The van der Waals surface area contributed by atoms with Crippen molar-refractivity contribution in [1.29, 1.82) is 0 Å². The Hall–Kier alpha value is -2.89. The lowest BCUT2D eigenvalue weighted by Gasteiger charge is -2.22. The summed E-state index contributed by atoms with van der Waals surface area (Å²) in [7, 11) is 3.29. The second-order valence-electron chi connectivity index (χ2n) is 7.95. The summed E-state index contributed by atoms with van der Waals surface area (Å²) in [5.41, 5.74) is 2.21. The van der Waals surface area contributed by atoms with Crippen LogP contribution in [0.15, 0.2) is 42.5 Å². The molecule has 30 heavy (non-hydrogen) atoms. The maximum Gasteiger partial charge on any atom is 0.317 e. The predicted octanol–water partition coefficient (Wildman–Crippen LogP) is 4.75. The van der Waals surface area contributed by atoms with E-state index in [2.05, 4.69) is 17.4 Å². The number of amides is 2. The van der Waals surface area contributed by atoms with Crippen LogP contribution < -0.4 is 19.5 Å². The van der Waals surface area contributed by atoms with Crippen LogP contribution in [0.3, 0.4) is 0 Å². The quantitative estimate of drug-likeness (QED) is 0.713. The van der Waals surface area contributed by atoms with Gasteiger partial charge in [0, 0.05) is 19.0 Å². The van der Waals surface area contributed by atoms with E-state index < -0.39 is 0 Å². The van der Waals surface area contributed by atoms with Crippen molar-refractivity contribution in [1.82, 2.24) is 10.2 Å². The van der Waals surface area contributed by atoms with E-state index in [9.17, 15) is 4.79 Å². The highest BCUT2D eigenvalue weighted by atomic mass is 16.5. The Kier molecular flexibility index (Phi) is 7.08. The normalized spacial score (nSPS) is 17.0. The molecule has 1 aliphatic heterocycles. The van der Waals surface area contributed by atoms with Gasteiger partial charge in [-0.1, -0.05) is 18.2 Å².